The maximum Gasteiger partial charge on any atom is 0.310 e. The summed E-state index contributed by atoms with van der Waals surface area (Å²) in [5.74, 6) is -0.767. The molecule has 5 heteroatoms. The molecular formula is C26H46O5. The number of ether oxygens (including phenoxy) is 3. The van der Waals surface area contributed by atoms with Crippen LogP contribution in [0.2, 0.25) is 0 Å². The Kier molecular flexibility index (Phi) is 16.1. The van der Waals surface area contributed by atoms with Gasteiger partial charge in [0.2, 0.25) is 0 Å². The van der Waals surface area contributed by atoms with Crippen LogP contribution < -0.4 is 0 Å². The fraction of sp³-hybridized carbons (Fsp3) is 0.846. The van der Waals surface area contributed by atoms with Crippen molar-refractivity contribution in [2.24, 2.45) is 11.8 Å². The summed E-state index contributed by atoms with van der Waals surface area (Å²) in [5.41, 5.74) is 0. The molecule has 1 rings (SSSR count). The summed E-state index contributed by atoms with van der Waals surface area (Å²) < 4.78 is 16.7. The van der Waals surface area contributed by atoms with Crippen LogP contribution >= 0.6 is 0 Å². The quantitative estimate of drug-likeness (QED) is 0.175. The molecule has 0 bridgehead atoms. The standard InChI is InChI=1S/C26H46O5/c1-4-7-9-11-13-15-19-30-25(27)23-18-17-22(29-6-3)21-24(23)26(28)31-20-16-14-12-10-8-5-2/h17,23-24H,4-16,18-21H2,1-3H3. The number of esters is 2. The molecule has 2 atom stereocenters. The van der Waals surface area contributed by atoms with Crippen LogP contribution in [0.25, 0.3) is 0 Å². The Morgan fingerprint density at radius 3 is 1.74 bits per heavy atom. The van der Waals surface area contributed by atoms with Gasteiger partial charge in [0.1, 0.15) is 0 Å². The first-order chi connectivity index (χ1) is 15.1. The van der Waals surface area contributed by atoms with E-state index in [0.717, 1.165) is 31.4 Å². The summed E-state index contributed by atoms with van der Waals surface area (Å²) in [5, 5.41) is 0. The predicted molar refractivity (Wildman–Crippen MR) is 125 cm³/mol. The highest BCUT2D eigenvalue weighted by atomic mass is 16.5. The summed E-state index contributed by atoms with van der Waals surface area (Å²) in [6, 6.07) is 0. The fourth-order valence-corrected chi connectivity index (χ4v) is 4.00. The van der Waals surface area contributed by atoms with Crippen molar-refractivity contribution in [3.63, 3.8) is 0 Å². The Morgan fingerprint density at radius 1 is 0.742 bits per heavy atom. The topological polar surface area (TPSA) is 61.8 Å². The van der Waals surface area contributed by atoms with E-state index in [-0.39, 0.29) is 11.9 Å². The molecule has 0 N–H and O–H groups in total. The lowest BCUT2D eigenvalue weighted by Crippen LogP contribution is -2.35. The number of hydrogen-bond donors (Lipinski definition) is 0. The molecule has 1 aliphatic carbocycles. The molecule has 5 nitrogen and oxygen atoms in total. The number of carbonyl (C=O) groups excluding carboxylic acids is 2. The first-order valence-corrected chi connectivity index (χ1v) is 12.8. The average molecular weight is 439 g/mol. The van der Waals surface area contributed by atoms with Gasteiger partial charge in [-0.15, -0.1) is 0 Å². The van der Waals surface area contributed by atoms with E-state index >= 15 is 0 Å². The zero-order valence-corrected chi connectivity index (χ0v) is 20.3. The molecule has 0 fully saturated rings. The summed E-state index contributed by atoms with van der Waals surface area (Å²) >= 11 is 0. The van der Waals surface area contributed by atoms with E-state index in [1.165, 1.54) is 51.4 Å². The minimum absolute atomic E-state index is 0.276. The van der Waals surface area contributed by atoms with Gasteiger partial charge in [-0.25, -0.2) is 0 Å². The van der Waals surface area contributed by atoms with Gasteiger partial charge >= 0.3 is 11.9 Å². The van der Waals surface area contributed by atoms with Gasteiger partial charge in [-0.05, 0) is 32.3 Å². The van der Waals surface area contributed by atoms with Crippen molar-refractivity contribution < 1.29 is 23.8 Å². The summed E-state index contributed by atoms with van der Waals surface area (Å²) in [6.07, 6.45) is 16.6. The van der Waals surface area contributed by atoms with Crippen LogP contribution in [0.15, 0.2) is 11.8 Å². The summed E-state index contributed by atoms with van der Waals surface area (Å²) in [7, 11) is 0. The van der Waals surface area contributed by atoms with E-state index in [4.69, 9.17) is 14.2 Å². The highest BCUT2D eigenvalue weighted by Gasteiger charge is 2.39. The molecule has 0 aliphatic heterocycles. The summed E-state index contributed by atoms with van der Waals surface area (Å²) in [4.78, 5) is 25.5. The average Bonchev–Trinajstić information content (AvgIpc) is 2.77. The molecule has 0 saturated heterocycles. The molecule has 0 spiro atoms. The molecule has 1 aliphatic rings. The molecule has 0 aromatic heterocycles. The van der Waals surface area contributed by atoms with Crippen LogP contribution in [0.1, 0.15) is 111 Å². The number of carbonyl (C=O) groups is 2. The highest BCUT2D eigenvalue weighted by molar-refractivity contribution is 5.83. The van der Waals surface area contributed by atoms with Crippen molar-refractivity contribution in [3.05, 3.63) is 11.8 Å². The fourth-order valence-electron chi connectivity index (χ4n) is 4.00. The third-order valence-corrected chi connectivity index (χ3v) is 5.93. The van der Waals surface area contributed by atoms with Gasteiger partial charge in [-0.2, -0.15) is 0 Å². The van der Waals surface area contributed by atoms with Gasteiger partial charge in [0.25, 0.3) is 0 Å². The van der Waals surface area contributed by atoms with Gasteiger partial charge < -0.3 is 14.2 Å². The predicted octanol–water partition coefficient (Wildman–Crippen LogP) is 6.74. The molecule has 0 saturated carbocycles. The monoisotopic (exact) mass is 438 g/mol. The Hall–Kier alpha value is -1.52. The molecule has 180 valence electrons. The van der Waals surface area contributed by atoms with Gasteiger partial charge in [-0.3, -0.25) is 9.59 Å². The first kappa shape index (κ1) is 27.5. The van der Waals surface area contributed by atoms with Crippen molar-refractivity contribution in [2.45, 2.75) is 111 Å². The van der Waals surface area contributed by atoms with Crippen molar-refractivity contribution in [3.8, 4) is 0 Å². The highest BCUT2D eigenvalue weighted by Crippen LogP contribution is 2.32. The van der Waals surface area contributed by atoms with E-state index in [2.05, 4.69) is 13.8 Å². The van der Waals surface area contributed by atoms with E-state index in [0.29, 0.717) is 32.7 Å². The maximum absolute atomic E-state index is 12.8. The second-order valence-corrected chi connectivity index (χ2v) is 8.63. The van der Waals surface area contributed by atoms with Gasteiger partial charge in [-0.1, -0.05) is 78.1 Å². The van der Waals surface area contributed by atoms with Gasteiger partial charge in [0.15, 0.2) is 0 Å². The third kappa shape index (κ3) is 12.2. The number of unbranched alkanes of at least 4 members (excludes halogenated alkanes) is 10. The Morgan fingerprint density at radius 2 is 1.23 bits per heavy atom. The van der Waals surface area contributed by atoms with E-state index in [1.807, 2.05) is 13.0 Å². The van der Waals surface area contributed by atoms with Crippen molar-refractivity contribution in [1.29, 1.82) is 0 Å². The van der Waals surface area contributed by atoms with Crippen LogP contribution in [-0.2, 0) is 23.8 Å². The molecular weight excluding hydrogens is 392 g/mol. The van der Waals surface area contributed by atoms with Crippen LogP contribution in [0, 0.1) is 11.8 Å². The number of hydrogen-bond acceptors (Lipinski definition) is 5. The lowest BCUT2D eigenvalue weighted by Gasteiger charge is -2.28. The molecule has 31 heavy (non-hydrogen) atoms. The van der Waals surface area contributed by atoms with Crippen molar-refractivity contribution >= 4 is 11.9 Å². The Balaban J connectivity index is 2.45. The van der Waals surface area contributed by atoms with Gasteiger partial charge in [0, 0.05) is 6.42 Å². The maximum atomic E-state index is 12.8. The zero-order valence-electron chi connectivity index (χ0n) is 20.3. The van der Waals surface area contributed by atoms with Crippen LogP contribution in [0.3, 0.4) is 0 Å². The zero-order chi connectivity index (χ0) is 22.7. The van der Waals surface area contributed by atoms with Crippen molar-refractivity contribution in [2.75, 3.05) is 19.8 Å². The molecule has 0 heterocycles. The molecule has 0 amide bonds. The number of allylic oxidation sites excluding steroid dienone is 2. The van der Waals surface area contributed by atoms with E-state index in [9.17, 15) is 9.59 Å². The normalized spacial score (nSPS) is 18.4. The Labute approximate surface area is 190 Å². The summed E-state index contributed by atoms with van der Waals surface area (Å²) in [6.45, 7) is 7.74. The molecule has 2 unspecified atom stereocenters. The van der Waals surface area contributed by atoms with Crippen LogP contribution in [0.5, 0.6) is 0 Å². The second-order valence-electron chi connectivity index (χ2n) is 8.63. The smallest absolute Gasteiger partial charge is 0.310 e. The lowest BCUT2D eigenvalue weighted by molar-refractivity contribution is -0.161. The van der Waals surface area contributed by atoms with E-state index < -0.39 is 11.8 Å². The SMILES string of the molecule is CCCCCCCCOC(=O)C1CC=C(OCC)CC1C(=O)OCCCCCCCC. The Bertz CT molecular complexity index is 514. The first-order valence-electron chi connectivity index (χ1n) is 12.8. The van der Waals surface area contributed by atoms with Gasteiger partial charge in [0.05, 0.1) is 37.4 Å². The van der Waals surface area contributed by atoms with Crippen LogP contribution in [-0.4, -0.2) is 31.8 Å². The minimum Gasteiger partial charge on any atom is -0.499 e. The third-order valence-electron chi connectivity index (χ3n) is 5.93. The molecule has 0 aromatic rings. The van der Waals surface area contributed by atoms with Crippen molar-refractivity contribution in [1.82, 2.24) is 0 Å². The minimum atomic E-state index is -0.510. The second kappa shape index (κ2) is 18.1. The largest absolute Gasteiger partial charge is 0.499 e. The molecule has 0 radical (unpaired) electrons. The van der Waals surface area contributed by atoms with E-state index in [1.54, 1.807) is 0 Å². The lowest BCUT2D eigenvalue weighted by atomic mass is 9.82. The van der Waals surface area contributed by atoms with Crippen LogP contribution in [0.4, 0.5) is 0 Å². The molecule has 0 aromatic carbocycles. The number of rotatable bonds is 18.